The fourth-order valence-corrected chi connectivity index (χ4v) is 3.04. The minimum atomic E-state index is -1.04. The number of nitrogens with zero attached hydrogens (tertiary/aromatic N) is 1. The molecule has 0 unspecified atom stereocenters. The molecule has 0 saturated carbocycles. The second-order valence-corrected chi connectivity index (χ2v) is 6.39. The Labute approximate surface area is 154 Å². The Hall–Kier alpha value is -2.37. The van der Waals surface area contributed by atoms with Crippen LogP contribution in [-0.4, -0.2) is 28.7 Å². The summed E-state index contributed by atoms with van der Waals surface area (Å²) in [6.07, 6.45) is 0. The summed E-state index contributed by atoms with van der Waals surface area (Å²) in [5.41, 5.74) is 1.15. The van der Waals surface area contributed by atoms with Crippen LogP contribution in [0.2, 0.25) is 10.0 Å². The van der Waals surface area contributed by atoms with Gasteiger partial charge in [-0.3, -0.25) is 14.5 Å². The number of rotatable bonds is 4. The quantitative estimate of drug-likeness (QED) is 0.601. The highest BCUT2D eigenvalue weighted by Crippen LogP contribution is 2.25. The minimum absolute atomic E-state index is 0.0810. The number of fused-ring (bicyclic) bond motifs is 1. The molecule has 0 aromatic heterocycles. The molecule has 1 aliphatic rings. The molecule has 3 rings (SSSR count). The van der Waals surface area contributed by atoms with Gasteiger partial charge in [-0.2, -0.15) is 0 Å². The first-order valence-electron chi connectivity index (χ1n) is 7.47. The van der Waals surface area contributed by atoms with Crippen molar-refractivity contribution < 1.29 is 19.1 Å². The minimum Gasteiger partial charge on any atom is -0.459 e. The molecule has 25 heavy (non-hydrogen) atoms. The van der Waals surface area contributed by atoms with Crippen LogP contribution in [0, 0.1) is 0 Å². The largest absolute Gasteiger partial charge is 0.459 e. The number of benzene rings is 2. The van der Waals surface area contributed by atoms with Crippen molar-refractivity contribution in [3.8, 4) is 0 Å². The molecule has 5 nitrogen and oxygen atoms in total. The zero-order valence-electron chi connectivity index (χ0n) is 13.2. The van der Waals surface area contributed by atoms with E-state index in [-0.39, 0.29) is 17.7 Å². The monoisotopic (exact) mass is 377 g/mol. The SMILES string of the molecule is C[C@@H](C(=O)OCc1ccc(Cl)cc1Cl)N1C(=O)c2ccccc2C1=O. The summed E-state index contributed by atoms with van der Waals surface area (Å²) in [6.45, 7) is 1.37. The van der Waals surface area contributed by atoms with Crippen LogP contribution in [0.15, 0.2) is 42.5 Å². The molecule has 1 atom stereocenters. The Balaban J connectivity index is 1.71. The highest BCUT2D eigenvalue weighted by atomic mass is 35.5. The average Bonchev–Trinajstić information content (AvgIpc) is 2.85. The summed E-state index contributed by atoms with van der Waals surface area (Å²) in [5.74, 6) is -1.70. The highest BCUT2D eigenvalue weighted by Gasteiger charge is 2.41. The molecule has 0 radical (unpaired) electrons. The van der Waals surface area contributed by atoms with Crippen LogP contribution in [0.4, 0.5) is 0 Å². The third kappa shape index (κ3) is 3.25. The third-order valence-electron chi connectivity index (χ3n) is 3.94. The van der Waals surface area contributed by atoms with E-state index in [9.17, 15) is 14.4 Å². The number of imide groups is 1. The first-order valence-corrected chi connectivity index (χ1v) is 8.23. The number of esters is 1. The molecule has 2 amide bonds. The molecule has 0 spiro atoms. The van der Waals surface area contributed by atoms with Crippen LogP contribution in [0.1, 0.15) is 33.2 Å². The van der Waals surface area contributed by atoms with Gasteiger partial charge in [0.15, 0.2) is 0 Å². The van der Waals surface area contributed by atoms with Crippen molar-refractivity contribution in [2.45, 2.75) is 19.6 Å². The van der Waals surface area contributed by atoms with E-state index >= 15 is 0 Å². The molecule has 7 heteroatoms. The molecule has 2 aromatic carbocycles. The maximum Gasteiger partial charge on any atom is 0.329 e. The second-order valence-electron chi connectivity index (χ2n) is 5.55. The van der Waals surface area contributed by atoms with Gasteiger partial charge in [-0.25, -0.2) is 4.79 Å². The number of halogens is 2. The summed E-state index contributed by atoms with van der Waals surface area (Å²) in [6, 6.07) is 10.2. The first-order chi connectivity index (χ1) is 11.9. The van der Waals surface area contributed by atoms with Crippen molar-refractivity contribution in [2.24, 2.45) is 0 Å². The van der Waals surface area contributed by atoms with Crippen molar-refractivity contribution in [3.05, 3.63) is 69.2 Å². The Bertz CT molecular complexity index is 846. The van der Waals surface area contributed by atoms with Gasteiger partial charge in [0.25, 0.3) is 11.8 Å². The van der Waals surface area contributed by atoms with Gasteiger partial charge < -0.3 is 4.74 Å². The predicted octanol–water partition coefficient (Wildman–Crippen LogP) is 3.72. The van der Waals surface area contributed by atoms with Gasteiger partial charge in [0.1, 0.15) is 12.6 Å². The first kappa shape index (κ1) is 17.5. The molecule has 0 aliphatic carbocycles. The van der Waals surface area contributed by atoms with Crippen LogP contribution in [0.3, 0.4) is 0 Å². The van der Waals surface area contributed by atoms with Gasteiger partial charge in [-0.15, -0.1) is 0 Å². The van der Waals surface area contributed by atoms with Crippen molar-refractivity contribution in [1.82, 2.24) is 4.90 Å². The fraction of sp³-hybridized carbons (Fsp3) is 0.167. The van der Waals surface area contributed by atoms with E-state index in [0.29, 0.717) is 15.6 Å². The van der Waals surface area contributed by atoms with Crippen molar-refractivity contribution in [2.75, 3.05) is 0 Å². The van der Waals surface area contributed by atoms with Crippen LogP contribution in [0.5, 0.6) is 0 Å². The second kappa shape index (κ2) is 6.86. The Morgan fingerprint density at radius 3 is 2.24 bits per heavy atom. The van der Waals surface area contributed by atoms with Crippen molar-refractivity contribution in [1.29, 1.82) is 0 Å². The molecule has 2 aromatic rings. The summed E-state index contributed by atoms with van der Waals surface area (Å²) in [5, 5.41) is 0.841. The molecule has 0 bridgehead atoms. The highest BCUT2D eigenvalue weighted by molar-refractivity contribution is 6.35. The molecule has 1 aliphatic heterocycles. The maximum absolute atomic E-state index is 12.4. The lowest BCUT2D eigenvalue weighted by molar-refractivity contribution is -0.149. The summed E-state index contributed by atoms with van der Waals surface area (Å²) < 4.78 is 5.21. The molecular formula is C18H13Cl2NO4. The molecule has 1 heterocycles. The van der Waals surface area contributed by atoms with Crippen LogP contribution in [-0.2, 0) is 16.1 Å². The zero-order chi connectivity index (χ0) is 18.1. The summed E-state index contributed by atoms with van der Waals surface area (Å²) in [7, 11) is 0. The van der Waals surface area contributed by atoms with Crippen molar-refractivity contribution in [3.63, 3.8) is 0 Å². The average molecular weight is 378 g/mol. The molecule has 0 saturated heterocycles. The Morgan fingerprint density at radius 1 is 1.08 bits per heavy atom. The molecule has 128 valence electrons. The fourth-order valence-electron chi connectivity index (χ4n) is 2.57. The van der Waals surface area contributed by atoms with Gasteiger partial charge in [0, 0.05) is 15.6 Å². The number of carbonyl (C=O) groups is 3. The number of amides is 2. The number of hydrogen-bond acceptors (Lipinski definition) is 4. The van der Waals surface area contributed by atoms with Crippen molar-refractivity contribution >= 4 is 41.0 Å². The van der Waals surface area contributed by atoms with Gasteiger partial charge in [-0.1, -0.05) is 41.4 Å². The summed E-state index contributed by atoms with van der Waals surface area (Å²) >= 11 is 11.9. The smallest absolute Gasteiger partial charge is 0.329 e. The lowest BCUT2D eigenvalue weighted by Crippen LogP contribution is -2.43. The Kier molecular flexibility index (Phi) is 4.79. The number of ether oxygens (including phenoxy) is 1. The van der Waals surface area contributed by atoms with E-state index in [2.05, 4.69) is 0 Å². The van der Waals surface area contributed by atoms with Gasteiger partial charge in [0.2, 0.25) is 0 Å². The molecular weight excluding hydrogens is 365 g/mol. The lowest BCUT2D eigenvalue weighted by Gasteiger charge is -2.21. The van der Waals surface area contributed by atoms with E-state index < -0.39 is 23.8 Å². The maximum atomic E-state index is 12.4. The van der Waals surface area contributed by atoms with E-state index in [0.717, 1.165) is 4.90 Å². The lowest BCUT2D eigenvalue weighted by atomic mass is 10.1. The molecule has 0 N–H and O–H groups in total. The van der Waals surface area contributed by atoms with Gasteiger partial charge >= 0.3 is 5.97 Å². The van der Waals surface area contributed by atoms with Crippen LogP contribution < -0.4 is 0 Å². The van der Waals surface area contributed by atoms with E-state index in [1.807, 2.05) is 0 Å². The standard InChI is InChI=1S/C18H13Cl2NO4/c1-10(18(24)25-9-11-6-7-12(19)8-15(11)20)21-16(22)13-4-2-3-5-14(13)17(21)23/h2-8,10H,9H2,1H3/t10-/m0/s1. The predicted molar refractivity (Wildman–Crippen MR) is 92.7 cm³/mol. The topological polar surface area (TPSA) is 63.7 Å². The van der Waals surface area contributed by atoms with E-state index in [4.69, 9.17) is 27.9 Å². The molecule has 0 fully saturated rings. The van der Waals surface area contributed by atoms with Crippen LogP contribution in [0.25, 0.3) is 0 Å². The summed E-state index contributed by atoms with van der Waals surface area (Å²) in [4.78, 5) is 38.0. The van der Waals surface area contributed by atoms with Gasteiger partial charge in [0.05, 0.1) is 11.1 Å². The van der Waals surface area contributed by atoms with Crippen LogP contribution >= 0.6 is 23.2 Å². The number of hydrogen-bond donors (Lipinski definition) is 0. The Morgan fingerprint density at radius 2 is 1.68 bits per heavy atom. The van der Waals surface area contributed by atoms with E-state index in [1.165, 1.54) is 6.92 Å². The zero-order valence-corrected chi connectivity index (χ0v) is 14.7. The van der Waals surface area contributed by atoms with E-state index in [1.54, 1.807) is 42.5 Å². The normalized spacial score (nSPS) is 14.4. The third-order valence-corrected chi connectivity index (χ3v) is 4.53. The number of carbonyl (C=O) groups excluding carboxylic acids is 3. The van der Waals surface area contributed by atoms with Gasteiger partial charge in [-0.05, 0) is 31.2 Å².